The Hall–Kier alpha value is -1.92. The summed E-state index contributed by atoms with van der Waals surface area (Å²) in [5.41, 5.74) is 0.693. The number of aryl methyl sites for hydroxylation is 1. The van der Waals surface area contributed by atoms with Gasteiger partial charge >= 0.3 is 0 Å². The van der Waals surface area contributed by atoms with Crippen molar-refractivity contribution in [3.05, 3.63) is 11.9 Å². The van der Waals surface area contributed by atoms with E-state index in [0.717, 1.165) is 6.42 Å². The van der Waals surface area contributed by atoms with Gasteiger partial charge in [-0.15, -0.1) is 5.10 Å². The number of carbonyl (C=O) groups is 2. The maximum atomic E-state index is 12.0. The first-order valence-corrected chi connectivity index (χ1v) is 6.45. The van der Waals surface area contributed by atoms with E-state index in [1.54, 1.807) is 22.8 Å². The second-order valence-corrected chi connectivity index (χ2v) is 4.95. The fourth-order valence-electron chi connectivity index (χ4n) is 2.28. The Morgan fingerprint density at radius 1 is 1.53 bits per heavy atom. The summed E-state index contributed by atoms with van der Waals surface area (Å²) < 4.78 is 1.59. The summed E-state index contributed by atoms with van der Waals surface area (Å²) in [6, 6.07) is -0.423. The Morgan fingerprint density at radius 2 is 2.26 bits per heavy atom. The van der Waals surface area contributed by atoms with Crippen molar-refractivity contribution in [3.63, 3.8) is 0 Å². The molecule has 2 amide bonds. The zero-order valence-electron chi connectivity index (χ0n) is 11.5. The third-order valence-electron chi connectivity index (χ3n) is 3.50. The van der Waals surface area contributed by atoms with Crippen LogP contribution in [0.2, 0.25) is 0 Å². The smallest absolute Gasteiger partial charge is 0.243 e. The Labute approximate surface area is 112 Å². The lowest BCUT2D eigenvalue weighted by molar-refractivity contribution is -0.148. The Balaban J connectivity index is 2.21. The second kappa shape index (κ2) is 5.38. The number of amides is 2. The van der Waals surface area contributed by atoms with Gasteiger partial charge in [0.25, 0.3) is 0 Å². The summed E-state index contributed by atoms with van der Waals surface area (Å²) in [4.78, 5) is 25.6. The first kappa shape index (κ1) is 13.5. The van der Waals surface area contributed by atoms with Crippen LogP contribution in [0.25, 0.3) is 0 Å². The maximum absolute atomic E-state index is 12.0. The normalized spacial score (nSPS) is 21.4. The molecule has 1 aliphatic rings. The molecule has 0 spiro atoms. The molecule has 0 aliphatic carbocycles. The first-order valence-electron chi connectivity index (χ1n) is 6.45. The molecule has 104 valence electrons. The van der Waals surface area contributed by atoms with Crippen LogP contribution in [0.3, 0.4) is 0 Å². The molecule has 0 bridgehead atoms. The van der Waals surface area contributed by atoms with Crippen LogP contribution >= 0.6 is 0 Å². The molecule has 1 saturated heterocycles. The number of carbonyl (C=O) groups excluding carboxylic acids is 2. The van der Waals surface area contributed by atoms with Crippen LogP contribution in [0.5, 0.6) is 0 Å². The summed E-state index contributed by atoms with van der Waals surface area (Å²) in [6.45, 7) is 4.38. The van der Waals surface area contributed by atoms with E-state index >= 15 is 0 Å². The zero-order chi connectivity index (χ0) is 14.0. The molecule has 1 N–H and O–H groups in total. The molecule has 19 heavy (non-hydrogen) atoms. The highest BCUT2D eigenvalue weighted by molar-refractivity contribution is 5.94. The van der Waals surface area contributed by atoms with Crippen LogP contribution < -0.4 is 5.32 Å². The van der Waals surface area contributed by atoms with Crippen LogP contribution in [0.15, 0.2) is 6.20 Å². The van der Waals surface area contributed by atoms with Gasteiger partial charge in [0.15, 0.2) is 0 Å². The molecular formula is C12H19N5O2. The van der Waals surface area contributed by atoms with Gasteiger partial charge in [0.1, 0.15) is 11.7 Å². The van der Waals surface area contributed by atoms with Crippen molar-refractivity contribution in [2.45, 2.75) is 32.9 Å². The van der Waals surface area contributed by atoms with E-state index in [4.69, 9.17) is 0 Å². The van der Waals surface area contributed by atoms with E-state index in [2.05, 4.69) is 15.6 Å². The number of nitrogens with one attached hydrogen (secondary N) is 1. The highest BCUT2D eigenvalue weighted by Crippen LogP contribution is 2.19. The fraction of sp³-hybridized carbons (Fsp3) is 0.667. The Morgan fingerprint density at radius 3 is 2.84 bits per heavy atom. The van der Waals surface area contributed by atoms with E-state index in [1.807, 2.05) is 13.8 Å². The number of hydrogen-bond acceptors (Lipinski definition) is 4. The van der Waals surface area contributed by atoms with Crippen LogP contribution in [0, 0.1) is 5.92 Å². The average Bonchev–Trinajstić information content (AvgIpc) is 2.79. The van der Waals surface area contributed by atoms with Crippen molar-refractivity contribution in [2.24, 2.45) is 13.0 Å². The lowest BCUT2D eigenvalue weighted by Crippen LogP contribution is -2.60. The summed E-state index contributed by atoms with van der Waals surface area (Å²) in [5, 5.41) is 10.5. The van der Waals surface area contributed by atoms with E-state index in [-0.39, 0.29) is 24.3 Å². The number of hydrogen-bond donors (Lipinski definition) is 1. The summed E-state index contributed by atoms with van der Waals surface area (Å²) in [5.74, 6) is -0.0469. The molecule has 2 atom stereocenters. The van der Waals surface area contributed by atoms with Gasteiger partial charge in [0.05, 0.1) is 13.1 Å². The van der Waals surface area contributed by atoms with Crippen molar-refractivity contribution in [3.8, 4) is 0 Å². The topological polar surface area (TPSA) is 80.1 Å². The van der Waals surface area contributed by atoms with Gasteiger partial charge in [-0.1, -0.05) is 25.5 Å². The van der Waals surface area contributed by atoms with Crippen molar-refractivity contribution >= 4 is 11.8 Å². The highest BCUT2D eigenvalue weighted by Gasteiger charge is 2.37. The van der Waals surface area contributed by atoms with Gasteiger partial charge in [-0.3, -0.25) is 14.3 Å². The molecule has 2 unspecified atom stereocenters. The minimum Gasteiger partial charge on any atom is -0.345 e. The minimum absolute atomic E-state index is 0.0615. The first-order chi connectivity index (χ1) is 9.02. The van der Waals surface area contributed by atoms with Crippen LogP contribution in [0.1, 0.15) is 26.0 Å². The predicted molar refractivity (Wildman–Crippen MR) is 67.8 cm³/mol. The standard InChI is InChI=1S/C12H19N5O2/c1-4-8(2)11-12(19)13-5-10(18)17(11)7-9-6-16(3)15-14-9/h6,8,11H,4-5,7H2,1-3H3,(H,13,19). The van der Waals surface area contributed by atoms with Gasteiger partial charge in [-0.2, -0.15) is 0 Å². The van der Waals surface area contributed by atoms with Crippen molar-refractivity contribution in [1.29, 1.82) is 0 Å². The number of piperazine rings is 1. The van der Waals surface area contributed by atoms with Gasteiger partial charge in [-0.25, -0.2) is 0 Å². The molecule has 1 fully saturated rings. The largest absolute Gasteiger partial charge is 0.345 e. The monoisotopic (exact) mass is 265 g/mol. The van der Waals surface area contributed by atoms with Gasteiger partial charge < -0.3 is 10.2 Å². The van der Waals surface area contributed by atoms with E-state index in [0.29, 0.717) is 12.2 Å². The predicted octanol–water partition coefficient (Wildman–Crippen LogP) is -0.312. The second-order valence-electron chi connectivity index (χ2n) is 4.95. The third-order valence-corrected chi connectivity index (χ3v) is 3.50. The van der Waals surface area contributed by atoms with Crippen molar-refractivity contribution < 1.29 is 9.59 Å². The number of rotatable bonds is 4. The molecule has 0 radical (unpaired) electrons. The summed E-state index contributed by atoms with van der Waals surface area (Å²) in [7, 11) is 1.77. The molecule has 0 saturated carbocycles. The van der Waals surface area contributed by atoms with Crippen molar-refractivity contribution in [1.82, 2.24) is 25.2 Å². The lowest BCUT2D eigenvalue weighted by atomic mass is 9.95. The van der Waals surface area contributed by atoms with Gasteiger partial charge in [0, 0.05) is 13.2 Å². The van der Waals surface area contributed by atoms with E-state index < -0.39 is 6.04 Å². The average molecular weight is 265 g/mol. The lowest BCUT2D eigenvalue weighted by Gasteiger charge is -2.37. The molecule has 1 aromatic rings. The third kappa shape index (κ3) is 2.74. The Bertz CT molecular complexity index is 484. The highest BCUT2D eigenvalue weighted by atomic mass is 16.2. The zero-order valence-corrected chi connectivity index (χ0v) is 11.5. The van der Waals surface area contributed by atoms with Crippen molar-refractivity contribution in [2.75, 3.05) is 6.54 Å². The fourth-order valence-corrected chi connectivity index (χ4v) is 2.28. The Kier molecular flexibility index (Phi) is 3.82. The number of nitrogens with zero attached hydrogens (tertiary/aromatic N) is 4. The molecule has 2 rings (SSSR count). The molecule has 1 aliphatic heterocycles. The maximum Gasteiger partial charge on any atom is 0.243 e. The van der Waals surface area contributed by atoms with E-state index in [9.17, 15) is 9.59 Å². The molecule has 0 aromatic carbocycles. The SMILES string of the molecule is CCC(C)C1C(=O)NCC(=O)N1Cc1cn(C)nn1. The molecule has 7 heteroatoms. The van der Waals surface area contributed by atoms with Crippen LogP contribution in [0.4, 0.5) is 0 Å². The van der Waals surface area contributed by atoms with Crippen LogP contribution in [-0.2, 0) is 23.2 Å². The van der Waals surface area contributed by atoms with Gasteiger partial charge in [0.2, 0.25) is 11.8 Å². The molecule has 2 heterocycles. The summed E-state index contributed by atoms with van der Waals surface area (Å²) in [6.07, 6.45) is 2.59. The quantitative estimate of drug-likeness (QED) is 0.809. The molecule has 1 aromatic heterocycles. The number of aromatic nitrogens is 3. The summed E-state index contributed by atoms with van der Waals surface area (Å²) >= 11 is 0. The molecular weight excluding hydrogens is 246 g/mol. The minimum atomic E-state index is -0.423. The van der Waals surface area contributed by atoms with Gasteiger partial charge in [-0.05, 0) is 5.92 Å². The van der Waals surface area contributed by atoms with Crippen LogP contribution in [-0.4, -0.2) is 44.3 Å². The molecule has 7 nitrogen and oxygen atoms in total. The van der Waals surface area contributed by atoms with E-state index in [1.165, 1.54) is 0 Å².